The lowest BCUT2D eigenvalue weighted by Crippen LogP contribution is -2.31. The molecule has 1 aliphatic rings. The Bertz CT molecular complexity index is 761. The summed E-state index contributed by atoms with van der Waals surface area (Å²) in [6.45, 7) is 1.67. The van der Waals surface area contributed by atoms with Gasteiger partial charge in [-0.25, -0.2) is 0 Å². The molecule has 5 heteroatoms. The van der Waals surface area contributed by atoms with Gasteiger partial charge in [-0.2, -0.15) is 0 Å². The Morgan fingerprint density at radius 1 is 0.926 bits per heavy atom. The van der Waals surface area contributed by atoms with E-state index in [2.05, 4.69) is 5.32 Å². The molecule has 0 spiro atoms. The fraction of sp³-hybridized carbons (Fsp3) is 0.364. The highest BCUT2D eigenvalue weighted by Crippen LogP contribution is 2.16. The van der Waals surface area contributed by atoms with Gasteiger partial charge in [-0.3, -0.25) is 9.59 Å². The van der Waals surface area contributed by atoms with E-state index < -0.39 is 0 Å². The molecule has 5 nitrogen and oxygen atoms in total. The minimum atomic E-state index is -0.0910. The van der Waals surface area contributed by atoms with Crippen molar-refractivity contribution in [3.63, 3.8) is 0 Å². The molecule has 0 aromatic heterocycles. The maximum absolute atomic E-state index is 12.6. The third-order valence-corrected chi connectivity index (χ3v) is 4.83. The molecule has 27 heavy (non-hydrogen) atoms. The van der Waals surface area contributed by atoms with Crippen molar-refractivity contribution >= 4 is 17.5 Å². The van der Waals surface area contributed by atoms with Gasteiger partial charge in [0.05, 0.1) is 13.5 Å². The lowest BCUT2D eigenvalue weighted by atomic mass is 10.1. The lowest BCUT2D eigenvalue weighted by molar-refractivity contribution is -0.115. The molecule has 1 fully saturated rings. The van der Waals surface area contributed by atoms with E-state index in [-0.39, 0.29) is 11.8 Å². The Hall–Kier alpha value is -2.82. The van der Waals surface area contributed by atoms with E-state index in [4.69, 9.17) is 4.74 Å². The number of benzene rings is 2. The zero-order chi connectivity index (χ0) is 19.1. The molecule has 1 heterocycles. The van der Waals surface area contributed by atoms with Gasteiger partial charge in [-0.05, 0) is 54.8 Å². The topological polar surface area (TPSA) is 58.6 Å². The molecule has 0 bridgehead atoms. The van der Waals surface area contributed by atoms with Crippen molar-refractivity contribution in [1.82, 2.24) is 4.90 Å². The summed E-state index contributed by atoms with van der Waals surface area (Å²) in [5.41, 5.74) is 2.28. The van der Waals surface area contributed by atoms with Crippen molar-refractivity contribution in [2.24, 2.45) is 0 Å². The van der Waals surface area contributed by atoms with Crippen molar-refractivity contribution in [1.29, 1.82) is 0 Å². The van der Waals surface area contributed by atoms with E-state index >= 15 is 0 Å². The van der Waals surface area contributed by atoms with Gasteiger partial charge in [0.15, 0.2) is 0 Å². The average molecular weight is 366 g/mol. The van der Waals surface area contributed by atoms with E-state index in [1.54, 1.807) is 31.4 Å². The summed E-state index contributed by atoms with van der Waals surface area (Å²) in [6.07, 6.45) is 4.83. The molecule has 1 saturated heterocycles. The molecular formula is C22H26N2O3. The largest absolute Gasteiger partial charge is 0.497 e. The van der Waals surface area contributed by atoms with Crippen molar-refractivity contribution in [3.05, 3.63) is 59.7 Å². The number of nitrogens with one attached hydrogen (secondary N) is 1. The number of carbonyl (C=O) groups excluding carboxylic acids is 2. The number of nitrogens with zero attached hydrogens (tertiary/aromatic N) is 1. The highest BCUT2D eigenvalue weighted by molar-refractivity contribution is 5.96. The highest BCUT2D eigenvalue weighted by Gasteiger charge is 2.17. The Morgan fingerprint density at radius 2 is 1.56 bits per heavy atom. The Balaban J connectivity index is 1.56. The summed E-state index contributed by atoms with van der Waals surface area (Å²) in [6, 6.07) is 14.6. The first-order valence-electron chi connectivity index (χ1n) is 9.48. The zero-order valence-electron chi connectivity index (χ0n) is 15.7. The average Bonchev–Trinajstić information content (AvgIpc) is 2.98. The standard InChI is InChI=1S/C22H26N2O3/c1-27-20-12-6-17(7-13-20)16-21(25)23-19-10-8-18(9-11-19)22(26)24-14-4-2-3-5-15-24/h6-13H,2-5,14-16H2,1H3,(H,23,25). The van der Waals surface area contributed by atoms with Gasteiger partial charge in [-0.15, -0.1) is 0 Å². The van der Waals surface area contributed by atoms with Gasteiger partial charge in [0.1, 0.15) is 5.75 Å². The van der Waals surface area contributed by atoms with Crippen LogP contribution in [0.4, 0.5) is 5.69 Å². The number of hydrogen-bond donors (Lipinski definition) is 1. The Morgan fingerprint density at radius 3 is 2.15 bits per heavy atom. The van der Waals surface area contributed by atoms with Crippen LogP contribution in [0, 0.1) is 0 Å². The van der Waals surface area contributed by atoms with Gasteiger partial charge in [0, 0.05) is 24.3 Å². The molecule has 1 aliphatic heterocycles. The van der Waals surface area contributed by atoms with Crippen LogP contribution in [0.15, 0.2) is 48.5 Å². The summed E-state index contributed by atoms with van der Waals surface area (Å²) >= 11 is 0. The molecule has 2 amide bonds. The number of hydrogen-bond acceptors (Lipinski definition) is 3. The van der Waals surface area contributed by atoms with E-state index in [9.17, 15) is 9.59 Å². The van der Waals surface area contributed by atoms with Gasteiger partial charge < -0.3 is 15.0 Å². The first-order chi connectivity index (χ1) is 13.2. The second-order valence-corrected chi connectivity index (χ2v) is 6.86. The second-order valence-electron chi connectivity index (χ2n) is 6.86. The van der Waals surface area contributed by atoms with Crippen molar-refractivity contribution < 1.29 is 14.3 Å². The van der Waals surface area contributed by atoms with Crippen LogP contribution in [-0.2, 0) is 11.2 Å². The van der Waals surface area contributed by atoms with E-state index in [1.165, 1.54) is 12.8 Å². The first-order valence-corrected chi connectivity index (χ1v) is 9.48. The molecule has 0 atom stereocenters. The predicted molar refractivity (Wildman–Crippen MR) is 106 cm³/mol. The third-order valence-electron chi connectivity index (χ3n) is 4.83. The Kier molecular flexibility index (Phi) is 6.47. The second kappa shape index (κ2) is 9.21. The van der Waals surface area contributed by atoms with E-state index in [0.717, 1.165) is 37.2 Å². The number of carbonyl (C=O) groups is 2. The summed E-state index contributed by atoms with van der Waals surface area (Å²) in [5.74, 6) is 0.753. The van der Waals surface area contributed by atoms with Crippen LogP contribution in [-0.4, -0.2) is 36.9 Å². The fourth-order valence-electron chi connectivity index (χ4n) is 3.29. The van der Waals surface area contributed by atoms with Crippen LogP contribution in [0.5, 0.6) is 5.75 Å². The summed E-state index contributed by atoms with van der Waals surface area (Å²) in [5, 5.41) is 2.88. The quantitative estimate of drug-likeness (QED) is 0.873. The minimum Gasteiger partial charge on any atom is -0.497 e. The molecule has 3 rings (SSSR count). The van der Waals surface area contributed by atoms with Crippen LogP contribution >= 0.6 is 0 Å². The molecule has 0 unspecified atom stereocenters. The van der Waals surface area contributed by atoms with Crippen molar-refractivity contribution in [2.45, 2.75) is 32.1 Å². The number of ether oxygens (including phenoxy) is 1. The summed E-state index contributed by atoms with van der Waals surface area (Å²) in [4.78, 5) is 26.8. The summed E-state index contributed by atoms with van der Waals surface area (Å²) < 4.78 is 5.12. The van der Waals surface area contributed by atoms with E-state index in [0.29, 0.717) is 17.7 Å². The third kappa shape index (κ3) is 5.33. The van der Waals surface area contributed by atoms with Gasteiger partial charge in [-0.1, -0.05) is 25.0 Å². The zero-order valence-corrected chi connectivity index (χ0v) is 15.7. The van der Waals surface area contributed by atoms with Gasteiger partial charge >= 0.3 is 0 Å². The highest BCUT2D eigenvalue weighted by atomic mass is 16.5. The van der Waals surface area contributed by atoms with Crippen molar-refractivity contribution in [2.75, 3.05) is 25.5 Å². The smallest absolute Gasteiger partial charge is 0.253 e. The minimum absolute atomic E-state index is 0.0769. The van der Waals surface area contributed by atoms with Gasteiger partial charge in [0.2, 0.25) is 5.91 Å². The number of likely N-dealkylation sites (tertiary alicyclic amines) is 1. The number of rotatable bonds is 5. The Labute approximate surface area is 160 Å². The molecule has 2 aromatic rings. The maximum atomic E-state index is 12.6. The SMILES string of the molecule is COc1ccc(CC(=O)Nc2ccc(C(=O)N3CCCCCC3)cc2)cc1. The molecule has 0 radical (unpaired) electrons. The monoisotopic (exact) mass is 366 g/mol. The normalized spacial score (nSPS) is 14.3. The van der Waals surface area contributed by atoms with Crippen LogP contribution in [0.25, 0.3) is 0 Å². The molecule has 0 saturated carbocycles. The van der Waals surface area contributed by atoms with Crippen LogP contribution < -0.4 is 10.1 Å². The number of amides is 2. The number of anilines is 1. The van der Waals surface area contributed by atoms with Crippen LogP contribution in [0.2, 0.25) is 0 Å². The molecule has 0 aliphatic carbocycles. The lowest BCUT2D eigenvalue weighted by Gasteiger charge is -2.20. The fourth-order valence-corrected chi connectivity index (χ4v) is 3.29. The molecule has 142 valence electrons. The molecular weight excluding hydrogens is 340 g/mol. The molecule has 1 N–H and O–H groups in total. The number of methoxy groups -OCH3 is 1. The van der Waals surface area contributed by atoms with E-state index in [1.807, 2.05) is 29.2 Å². The van der Waals surface area contributed by atoms with Crippen LogP contribution in [0.1, 0.15) is 41.6 Å². The van der Waals surface area contributed by atoms with Crippen LogP contribution in [0.3, 0.4) is 0 Å². The predicted octanol–water partition coefficient (Wildman–Crippen LogP) is 3.89. The van der Waals surface area contributed by atoms with Gasteiger partial charge in [0.25, 0.3) is 5.91 Å². The maximum Gasteiger partial charge on any atom is 0.253 e. The summed E-state index contributed by atoms with van der Waals surface area (Å²) in [7, 11) is 1.61. The first kappa shape index (κ1) is 19.0. The molecule has 2 aromatic carbocycles. The van der Waals surface area contributed by atoms with Crippen molar-refractivity contribution in [3.8, 4) is 5.75 Å².